The molecule has 1 atom stereocenters. The molecule has 0 saturated carbocycles. The molecule has 0 bridgehead atoms. The molecule has 0 aliphatic carbocycles. The van der Waals surface area contributed by atoms with Gasteiger partial charge in [0.25, 0.3) is 0 Å². The molecule has 3 rings (SSSR count). The van der Waals surface area contributed by atoms with Crippen LogP contribution in [0.3, 0.4) is 0 Å². The highest BCUT2D eigenvalue weighted by Crippen LogP contribution is 2.26. The monoisotopic (exact) mass is 359 g/mol. The van der Waals surface area contributed by atoms with E-state index in [1.54, 1.807) is 13.1 Å². The van der Waals surface area contributed by atoms with Gasteiger partial charge in [-0.2, -0.15) is 4.98 Å². The Morgan fingerprint density at radius 2 is 2.19 bits per heavy atom. The van der Waals surface area contributed by atoms with E-state index in [2.05, 4.69) is 25.6 Å². The van der Waals surface area contributed by atoms with E-state index in [-0.39, 0.29) is 18.0 Å². The Hall–Kier alpha value is -2.45. The zero-order chi connectivity index (χ0) is 18.5. The molecule has 2 aromatic rings. The second kappa shape index (κ2) is 8.29. The summed E-state index contributed by atoms with van der Waals surface area (Å²) in [6, 6.07) is 1.92. The van der Waals surface area contributed by atoms with Gasteiger partial charge in [-0.1, -0.05) is 0 Å². The van der Waals surface area contributed by atoms with Crippen LogP contribution in [0.1, 0.15) is 34.9 Å². The number of aryl methyl sites for hydroxylation is 1. The zero-order valence-electron chi connectivity index (χ0n) is 15.1. The van der Waals surface area contributed by atoms with Crippen LogP contribution >= 0.6 is 0 Å². The number of anilines is 2. The van der Waals surface area contributed by atoms with Crippen molar-refractivity contribution in [2.24, 2.45) is 0 Å². The smallest absolute Gasteiger partial charge is 0.224 e. The van der Waals surface area contributed by atoms with Crippen LogP contribution in [0.4, 0.5) is 11.8 Å². The number of hydrogen-bond donors (Lipinski definition) is 4. The van der Waals surface area contributed by atoms with E-state index >= 15 is 0 Å². The summed E-state index contributed by atoms with van der Waals surface area (Å²) in [6.07, 6.45) is 2.65. The van der Waals surface area contributed by atoms with Crippen LogP contribution in [0.15, 0.2) is 17.1 Å². The summed E-state index contributed by atoms with van der Waals surface area (Å²) in [5.41, 5.74) is 3.20. The summed E-state index contributed by atoms with van der Waals surface area (Å²) in [6.45, 7) is 5.85. The van der Waals surface area contributed by atoms with Gasteiger partial charge < -0.3 is 25.5 Å². The van der Waals surface area contributed by atoms with Crippen LogP contribution in [0.5, 0.6) is 0 Å². The summed E-state index contributed by atoms with van der Waals surface area (Å²) in [7, 11) is 0. The van der Waals surface area contributed by atoms with E-state index in [9.17, 15) is 4.79 Å². The van der Waals surface area contributed by atoms with Gasteiger partial charge in [-0.05, 0) is 20.3 Å². The molecule has 1 saturated heterocycles. The normalized spacial score (nSPS) is 16.7. The number of nitrogens with one attached hydrogen (secondary N) is 3. The first-order valence-corrected chi connectivity index (χ1v) is 8.81. The van der Waals surface area contributed by atoms with Crippen molar-refractivity contribution in [3.63, 3.8) is 0 Å². The van der Waals surface area contributed by atoms with Crippen molar-refractivity contribution < 1.29 is 9.84 Å². The molecule has 0 aromatic carbocycles. The van der Waals surface area contributed by atoms with Gasteiger partial charge in [0.2, 0.25) is 5.95 Å². The second-order valence-corrected chi connectivity index (χ2v) is 6.47. The minimum atomic E-state index is 0.00663. The quantitative estimate of drug-likeness (QED) is 0.589. The molecule has 3 heterocycles. The Kier molecular flexibility index (Phi) is 5.85. The summed E-state index contributed by atoms with van der Waals surface area (Å²) in [4.78, 5) is 24.2. The van der Waals surface area contributed by atoms with Crippen LogP contribution in [0.25, 0.3) is 0 Å². The van der Waals surface area contributed by atoms with Crippen LogP contribution in [0, 0.1) is 13.8 Å². The zero-order valence-corrected chi connectivity index (χ0v) is 15.1. The molecule has 0 amide bonds. The fourth-order valence-electron chi connectivity index (χ4n) is 2.94. The molecule has 8 nitrogen and oxygen atoms in total. The number of rotatable bonds is 7. The van der Waals surface area contributed by atoms with Crippen LogP contribution in [-0.4, -0.2) is 46.4 Å². The summed E-state index contributed by atoms with van der Waals surface area (Å²) in [5, 5.41) is 15.3. The van der Waals surface area contributed by atoms with E-state index in [1.165, 1.54) is 0 Å². The average Bonchev–Trinajstić information content (AvgIpc) is 3.18. The molecular formula is C18H25N5O3. The SMILES string of the molecule is Cc1c[nH]c(CNc2cc([C@@H]3CCOC3)nc(NCCO)n2)c(C)c1=O. The van der Waals surface area contributed by atoms with Crippen molar-refractivity contribution >= 4 is 11.8 Å². The largest absolute Gasteiger partial charge is 0.395 e. The highest BCUT2D eigenvalue weighted by atomic mass is 16.5. The molecular weight excluding hydrogens is 334 g/mol. The maximum absolute atomic E-state index is 12.1. The first-order chi connectivity index (χ1) is 12.6. The molecule has 140 valence electrons. The topological polar surface area (TPSA) is 112 Å². The number of nitrogens with zero attached hydrogens (tertiary/aromatic N) is 2. The molecule has 0 radical (unpaired) electrons. The number of pyridine rings is 1. The fraction of sp³-hybridized carbons (Fsp3) is 0.500. The van der Waals surface area contributed by atoms with Gasteiger partial charge in [0.1, 0.15) is 5.82 Å². The number of ether oxygens (including phenoxy) is 1. The van der Waals surface area contributed by atoms with E-state index in [0.717, 1.165) is 24.4 Å². The lowest BCUT2D eigenvalue weighted by Crippen LogP contribution is -2.17. The first-order valence-electron chi connectivity index (χ1n) is 8.81. The predicted molar refractivity (Wildman–Crippen MR) is 99.6 cm³/mol. The minimum absolute atomic E-state index is 0.00663. The molecule has 1 aliphatic heterocycles. The molecule has 1 fully saturated rings. The van der Waals surface area contributed by atoms with Crippen LogP contribution in [0.2, 0.25) is 0 Å². The van der Waals surface area contributed by atoms with Crippen molar-refractivity contribution in [2.45, 2.75) is 32.7 Å². The van der Waals surface area contributed by atoms with E-state index < -0.39 is 0 Å². The van der Waals surface area contributed by atoms with Gasteiger partial charge in [0.05, 0.1) is 25.5 Å². The Morgan fingerprint density at radius 3 is 2.92 bits per heavy atom. The highest BCUT2D eigenvalue weighted by Gasteiger charge is 2.21. The van der Waals surface area contributed by atoms with Crippen LogP contribution < -0.4 is 16.1 Å². The number of aliphatic hydroxyl groups excluding tert-OH is 1. The molecule has 8 heteroatoms. The predicted octanol–water partition coefficient (Wildman–Crippen LogP) is 1.30. The van der Waals surface area contributed by atoms with Crippen molar-refractivity contribution in [3.8, 4) is 0 Å². The number of aliphatic hydroxyl groups is 1. The van der Waals surface area contributed by atoms with E-state index in [1.807, 2.05) is 13.0 Å². The van der Waals surface area contributed by atoms with Crippen molar-refractivity contribution in [1.29, 1.82) is 0 Å². The maximum Gasteiger partial charge on any atom is 0.224 e. The Balaban J connectivity index is 1.80. The summed E-state index contributed by atoms with van der Waals surface area (Å²) in [5.74, 6) is 1.39. The molecule has 0 spiro atoms. The number of hydrogen-bond acceptors (Lipinski definition) is 7. The second-order valence-electron chi connectivity index (χ2n) is 6.47. The molecule has 2 aromatic heterocycles. The van der Waals surface area contributed by atoms with Gasteiger partial charge in [0, 0.05) is 48.2 Å². The lowest BCUT2D eigenvalue weighted by molar-refractivity contribution is 0.193. The van der Waals surface area contributed by atoms with Gasteiger partial charge in [-0.25, -0.2) is 4.98 Å². The minimum Gasteiger partial charge on any atom is -0.395 e. The average molecular weight is 359 g/mol. The molecule has 1 aliphatic rings. The van der Waals surface area contributed by atoms with Crippen molar-refractivity contribution in [1.82, 2.24) is 15.0 Å². The fourth-order valence-corrected chi connectivity index (χ4v) is 2.94. The highest BCUT2D eigenvalue weighted by molar-refractivity contribution is 5.44. The van der Waals surface area contributed by atoms with Gasteiger partial charge in [-0.3, -0.25) is 4.79 Å². The maximum atomic E-state index is 12.1. The summed E-state index contributed by atoms with van der Waals surface area (Å²) < 4.78 is 5.46. The third-order valence-electron chi connectivity index (χ3n) is 4.55. The lowest BCUT2D eigenvalue weighted by Gasteiger charge is -2.14. The standard InChI is InChI=1S/C18H25N5O3/c1-11-8-20-15(12(2)17(11)25)9-21-16-7-14(13-3-6-26-10-13)22-18(23-16)19-4-5-24/h7-8,13,24H,3-6,9-10H2,1-2H3,(H,20,25)(H2,19,21,22,23)/t13-/m1/s1. The van der Waals surface area contributed by atoms with Crippen molar-refractivity contribution in [3.05, 3.63) is 45.0 Å². The third-order valence-corrected chi connectivity index (χ3v) is 4.55. The Morgan fingerprint density at radius 1 is 1.35 bits per heavy atom. The summed E-state index contributed by atoms with van der Waals surface area (Å²) >= 11 is 0. The van der Waals surface area contributed by atoms with Gasteiger partial charge in [-0.15, -0.1) is 0 Å². The molecule has 26 heavy (non-hydrogen) atoms. The number of aromatic amines is 1. The van der Waals surface area contributed by atoms with E-state index in [0.29, 0.717) is 42.6 Å². The number of H-pyrrole nitrogens is 1. The van der Waals surface area contributed by atoms with Gasteiger partial charge >= 0.3 is 0 Å². The third kappa shape index (κ3) is 4.20. The van der Waals surface area contributed by atoms with Crippen LogP contribution in [-0.2, 0) is 11.3 Å². The van der Waals surface area contributed by atoms with Crippen molar-refractivity contribution in [2.75, 3.05) is 37.0 Å². The number of aromatic nitrogens is 3. The molecule has 0 unspecified atom stereocenters. The molecule has 4 N–H and O–H groups in total. The van der Waals surface area contributed by atoms with E-state index in [4.69, 9.17) is 9.84 Å². The Bertz CT molecular complexity index is 815. The Labute approximate surface area is 152 Å². The van der Waals surface area contributed by atoms with Gasteiger partial charge in [0.15, 0.2) is 5.43 Å². The first kappa shape index (κ1) is 18.3. The lowest BCUT2D eigenvalue weighted by atomic mass is 10.0.